The number of hydrogen-bond acceptors (Lipinski definition) is 5. The summed E-state index contributed by atoms with van der Waals surface area (Å²) >= 11 is 6.35. The number of aliphatic imine (C=N–C) groups is 1. The van der Waals surface area contributed by atoms with E-state index >= 15 is 0 Å². The number of amides is 1. The first kappa shape index (κ1) is 23.1. The van der Waals surface area contributed by atoms with Gasteiger partial charge in [-0.05, 0) is 88.1 Å². The molecule has 3 heterocycles. The minimum absolute atomic E-state index is 0.338. The first-order valence-electron chi connectivity index (χ1n) is 12.2. The summed E-state index contributed by atoms with van der Waals surface area (Å²) in [5.74, 6) is 3.30. The number of allylic oxidation sites excluding steroid dienone is 1. The smallest absolute Gasteiger partial charge is 0.411 e. The lowest BCUT2D eigenvalue weighted by molar-refractivity contribution is 0.0214. The Morgan fingerprint density at radius 2 is 1.91 bits per heavy atom. The van der Waals surface area contributed by atoms with Gasteiger partial charge in [-0.3, -0.25) is 14.5 Å². The van der Waals surface area contributed by atoms with Crippen molar-refractivity contribution in [2.75, 3.05) is 6.54 Å². The van der Waals surface area contributed by atoms with E-state index in [-0.39, 0.29) is 6.09 Å². The van der Waals surface area contributed by atoms with Gasteiger partial charge in [0.25, 0.3) is 0 Å². The Bertz CT molecular complexity index is 1120. The van der Waals surface area contributed by atoms with Crippen LogP contribution in [0.3, 0.4) is 0 Å². The predicted molar refractivity (Wildman–Crippen MR) is 133 cm³/mol. The van der Waals surface area contributed by atoms with E-state index in [4.69, 9.17) is 16.3 Å². The quantitative estimate of drug-likeness (QED) is 0.551. The van der Waals surface area contributed by atoms with Crippen LogP contribution in [0, 0.1) is 11.8 Å². The fourth-order valence-electron chi connectivity index (χ4n) is 5.35. The average molecular weight is 482 g/mol. The Labute approximate surface area is 205 Å². The number of fused-ring (bicyclic) bond motifs is 3. The number of hydrogen-bond donors (Lipinski definition) is 0. The zero-order valence-electron chi connectivity index (χ0n) is 20.1. The maximum Gasteiger partial charge on any atom is 0.411 e. The maximum atomic E-state index is 13.0. The van der Waals surface area contributed by atoms with Crippen LogP contribution in [0.1, 0.15) is 69.6 Å². The SMILES string of the molecule is CC(C)(C)OC(=O)N1Cc2cc(Cl)ccc2-n2c(nnc2[C@H]2CC[C@H](C3C=CC=NC3)CC2)C1. The van der Waals surface area contributed by atoms with Crippen molar-refractivity contribution in [3.8, 4) is 5.69 Å². The van der Waals surface area contributed by atoms with Crippen LogP contribution < -0.4 is 0 Å². The van der Waals surface area contributed by atoms with Crippen molar-refractivity contribution >= 4 is 23.9 Å². The molecule has 0 N–H and O–H groups in total. The molecule has 0 spiro atoms. The van der Waals surface area contributed by atoms with Gasteiger partial charge in [-0.1, -0.05) is 17.7 Å². The molecule has 2 aliphatic heterocycles. The molecule has 1 aliphatic carbocycles. The van der Waals surface area contributed by atoms with Crippen molar-refractivity contribution in [3.05, 3.63) is 52.6 Å². The third kappa shape index (κ3) is 4.76. The Morgan fingerprint density at radius 1 is 1.12 bits per heavy atom. The third-order valence-corrected chi connectivity index (χ3v) is 7.23. The Balaban J connectivity index is 1.42. The predicted octanol–water partition coefficient (Wildman–Crippen LogP) is 5.70. The summed E-state index contributed by atoms with van der Waals surface area (Å²) < 4.78 is 7.83. The van der Waals surface area contributed by atoms with Gasteiger partial charge >= 0.3 is 6.09 Å². The molecule has 1 aromatic heterocycles. The van der Waals surface area contributed by atoms with Gasteiger partial charge in [-0.2, -0.15) is 0 Å². The fraction of sp³-hybridized carbons (Fsp3) is 0.538. The number of nitrogens with zero attached hydrogens (tertiary/aromatic N) is 5. The Morgan fingerprint density at radius 3 is 2.62 bits per heavy atom. The van der Waals surface area contributed by atoms with Gasteiger partial charge in [0.1, 0.15) is 11.4 Å². The largest absolute Gasteiger partial charge is 0.444 e. The molecule has 0 saturated heterocycles. The minimum atomic E-state index is -0.573. The van der Waals surface area contributed by atoms with E-state index in [2.05, 4.69) is 31.9 Å². The monoisotopic (exact) mass is 481 g/mol. The summed E-state index contributed by atoms with van der Waals surface area (Å²) in [6.45, 7) is 7.28. The molecule has 1 unspecified atom stereocenters. The standard InChI is InChI=1S/C26H32ClN5O2/c1-26(2,3)34-25(33)31-15-20-13-21(27)10-11-22(20)32-23(16-31)29-30-24(32)18-8-6-17(7-9-18)19-5-4-12-28-14-19/h4-5,10-13,17-19H,6-9,14-16H2,1-3H3/t17-,18-,19?. The molecule has 0 radical (unpaired) electrons. The molecule has 5 rings (SSSR count). The van der Waals surface area contributed by atoms with Gasteiger partial charge in [-0.15, -0.1) is 10.2 Å². The number of dihydropyridines is 1. The first-order chi connectivity index (χ1) is 16.3. The molecular formula is C26H32ClN5O2. The summed E-state index contributed by atoms with van der Waals surface area (Å²) in [4.78, 5) is 19.1. The molecule has 1 saturated carbocycles. The zero-order valence-corrected chi connectivity index (χ0v) is 20.8. The van der Waals surface area contributed by atoms with Crippen LogP contribution in [0.2, 0.25) is 5.02 Å². The summed E-state index contributed by atoms with van der Waals surface area (Å²) in [6.07, 6.45) is 10.4. The molecule has 1 atom stereocenters. The lowest BCUT2D eigenvalue weighted by atomic mass is 9.75. The molecule has 2 aromatic rings. The number of carbonyl (C=O) groups is 1. The molecule has 0 bridgehead atoms. The summed E-state index contributed by atoms with van der Waals surface area (Å²) in [5, 5.41) is 9.85. The normalized spacial score (nSPS) is 24.4. The second-order valence-corrected chi connectivity index (χ2v) is 11.0. The molecule has 7 nitrogen and oxygen atoms in total. The number of halogens is 1. The molecule has 1 amide bonds. The highest BCUT2D eigenvalue weighted by atomic mass is 35.5. The number of carbonyl (C=O) groups excluding carboxylic acids is 1. The molecule has 34 heavy (non-hydrogen) atoms. The molecule has 180 valence electrons. The van der Waals surface area contributed by atoms with E-state index in [0.29, 0.717) is 35.9 Å². The van der Waals surface area contributed by atoms with Crippen molar-refractivity contribution in [3.63, 3.8) is 0 Å². The van der Waals surface area contributed by atoms with E-state index in [1.165, 1.54) is 0 Å². The second-order valence-electron chi connectivity index (χ2n) is 10.6. The molecule has 8 heteroatoms. The van der Waals surface area contributed by atoms with Gasteiger partial charge in [0, 0.05) is 23.7 Å². The first-order valence-corrected chi connectivity index (χ1v) is 12.5. The van der Waals surface area contributed by atoms with Crippen molar-refractivity contribution in [1.29, 1.82) is 0 Å². The molecule has 1 fully saturated rings. The fourth-order valence-corrected chi connectivity index (χ4v) is 5.55. The molecular weight excluding hydrogens is 450 g/mol. The van der Waals surface area contributed by atoms with E-state index < -0.39 is 5.60 Å². The highest BCUT2D eigenvalue weighted by molar-refractivity contribution is 6.30. The van der Waals surface area contributed by atoms with E-state index in [0.717, 1.165) is 55.1 Å². The van der Waals surface area contributed by atoms with Crippen molar-refractivity contribution in [2.24, 2.45) is 16.8 Å². The van der Waals surface area contributed by atoms with Crippen LogP contribution in [-0.2, 0) is 17.8 Å². The third-order valence-electron chi connectivity index (χ3n) is 6.99. The highest BCUT2D eigenvalue weighted by Crippen LogP contribution is 2.41. The van der Waals surface area contributed by atoms with E-state index in [1.54, 1.807) is 4.90 Å². The maximum absolute atomic E-state index is 13.0. The number of benzene rings is 1. The van der Waals surface area contributed by atoms with Gasteiger partial charge < -0.3 is 4.74 Å². The van der Waals surface area contributed by atoms with Gasteiger partial charge in [0.2, 0.25) is 0 Å². The summed E-state index contributed by atoms with van der Waals surface area (Å²) in [5.41, 5.74) is 1.39. The lowest BCUT2D eigenvalue weighted by Gasteiger charge is -2.32. The van der Waals surface area contributed by atoms with Crippen molar-refractivity contribution < 1.29 is 9.53 Å². The zero-order chi connectivity index (χ0) is 23.9. The number of rotatable bonds is 2. The van der Waals surface area contributed by atoms with Gasteiger partial charge in [0.15, 0.2) is 5.82 Å². The highest BCUT2D eigenvalue weighted by Gasteiger charge is 2.34. The van der Waals surface area contributed by atoms with E-state index in [1.807, 2.05) is 45.2 Å². The second kappa shape index (κ2) is 9.17. The van der Waals surface area contributed by atoms with Gasteiger partial charge in [0.05, 0.1) is 18.8 Å². The number of aromatic nitrogens is 3. The van der Waals surface area contributed by atoms with Crippen LogP contribution in [-0.4, -0.2) is 44.1 Å². The minimum Gasteiger partial charge on any atom is -0.444 e. The summed E-state index contributed by atoms with van der Waals surface area (Å²) in [7, 11) is 0. The summed E-state index contributed by atoms with van der Waals surface area (Å²) in [6, 6.07) is 5.84. The number of ether oxygens (including phenoxy) is 1. The topological polar surface area (TPSA) is 72.6 Å². The van der Waals surface area contributed by atoms with Crippen LogP contribution in [0.4, 0.5) is 4.79 Å². The molecule has 3 aliphatic rings. The average Bonchev–Trinajstić information content (AvgIpc) is 3.14. The van der Waals surface area contributed by atoms with Gasteiger partial charge in [-0.25, -0.2) is 4.79 Å². The van der Waals surface area contributed by atoms with Crippen molar-refractivity contribution in [1.82, 2.24) is 19.7 Å². The van der Waals surface area contributed by atoms with E-state index in [9.17, 15) is 4.79 Å². The Kier molecular flexibility index (Phi) is 6.23. The molecule has 1 aromatic carbocycles. The van der Waals surface area contributed by atoms with Crippen LogP contribution in [0.5, 0.6) is 0 Å². The van der Waals surface area contributed by atoms with Crippen molar-refractivity contribution in [2.45, 2.75) is 71.1 Å². The van der Waals surface area contributed by atoms with Crippen LogP contribution in [0.15, 0.2) is 35.3 Å². The Hall–Kier alpha value is -2.67. The lowest BCUT2D eigenvalue weighted by Crippen LogP contribution is -2.35. The van der Waals surface area contributed by atoms with Crippen LogP contribution in [0.25, 0.3) is 5.69 Å². The van der Waals surface area contributed by atoms with Crippen LogP contribution >= 0.6 is 11.6 Å².